The number of ether oxygens (including phenoxy) is 3. The zero-order valence-electron chi connectivity index (χ0n) is 46.2. The quantitative estimate of drug-likeness (QED) is 0.0261. The highest BCUT2D eigenvalue weighted by atomic mass is 16.6. The Morgan fingerprint density at radius 3 is 0.944 bits per heavy atom. The van der Waals surface area contributed by atoms with Gasteiger partial charge in [0.15, 0.2) is 6.10 Å². The van der Waals surface area contributed by atoms with Crippen LogP contribution in [0.3, 0.4) is 0 Å². The second kappa shape index (κ2) is 58.6. The molecule has 0 rings (SSSR count). The summed E-state index contributed by atoms with van der Waals surface area (Å²) in [4.78, 5) is 38.2. The van der Waals surface area contributed by atoms with Gasteiger partial charge in [0.05, 0.1) is 0 Å². The van der Waals surface area contributed by atoms with Gasteiger partial charge in [-0.2, -0.15) is 0 Å². The van der Waals surface area contributed by atoms with Crippen molar-refractivity contribution in [2.24, 2.45) is 0 Å². The van der Waals surface area contributed by atoms with Gasteiger partial charge in [-0.25, -0.2) is 0 Å². The first-order valence-electron chi connectivity index (χ1n) is 29.4. The van der Waals surface area contributed by atoms with E-state index < -0.39 is 6.10 Å². The Kier molecular flexibility index (Phi) is 55.4. The van der Waals surface area contributed by atoms with E-state index >= 15 is 0 Å². The third kappa shape index (κ3) is 56.9. The minimum absolute atomic E-state index is 0.110. The zero-order valence-corrected chi connectivity index (χ0v) is 46.2. The molecular formula is C65H108O6. The van der Waals surface area contributed by atoms with E-state index in [1.807, 2.05) is 0 Å². The van der Waals surface area contributed by atoms with Gasteiger partial charge in [-0.1, -0.05) is 226 Å². The van der Waals surface area contributed by atoms with Crippen molar-refractivity contribution < 1.29 is 28.6 Å². The fourth-order valence-electron chi connectivity index (χ4n) is 7.82. The lowest BCUT2D eigenvalue weighted by Gasteiger charge is -2.18. The fourth-order valence-corrected chi connectivity index (χ4v) is 7.82. The lowest BCUT2D eigenvalue weighted by atomic mass is 10.1. The number of rotatable bonds is 52. The van der Waals surface area contributed by atoms with Crippen molar-refractivity contribution in [1.29, 1.82) is 0 Å². The zero-order chi connectivity index (χ0) is 51.4. The molecule has 404 valence electrons. The predicted molar refractivity (Wildman–Crippen MR) is 307 cm³/mol. The molecule has 0 saturated carbocycles. The summed E-state index contributed by atoms with van der Waals surface area (Å²) in [7, 11) is 0. The van der Waals surface area contributed by atoms with Gasteiger partial charge < -0.3 is 14.2 Å². The average Bonchev–Trinajstić information content (AvgIpc) is 3.37. The maximum absolute atomic E-state index is 12.9. The van der Waals surface area contributed by atoms with Crippen molar-refractivity contribution in [3.05, 3.63) is 109 Å². The summed E-state index contributed by atoms with van der Waals surface area (Å²) in [6, 6.07) is 0. The van der Waals surface area contributed by atoms with E-state index in [0.717, 1.165) is 109 Å². The van der Waals surface area contributed by atoms with Crippen LogP contribution >= 0.6 is 0 Å². The molecule has 0 N–H and O–H groups in total. The van der Waals surface area contributed by atoms with Crippen molar-refractivity contribution in [1.82, 2.24) is 0 Å². The molecule has 0 amide bonds. The van der Waals surface area contributed by atoms with Crippen LogP contribution < -0.4 is 0 Å². The molecule has 0 spiro atoms. The molecule has 6 heteroatoms. The SMILES string of the molecule is CC/C=C\C/C=C\C/C=C\C/C=C\CCCCC(=O)OC[C@H](COC(=O)CCCCC/C=C\C/C=C\C/C=C\C/C=C\CCCCC)OC(=O)CCCCCCCCCCC/C=C\CCCCCCCC. The molecule has 0 aliphatic carbocycles. The number of allylic oxidation sites excluding steroid dienone is 18. The molecule has 0 aromatic rings. The molecule has 0 saturated heterocycles. The van der Waals surface area contributed by atoms with Gasteiger partial charge in [0.25, 0.3) is 0 Å². The standard InChI is InChI=1S/C65H108O6/c1-4-7-10-13-16-19-22-25-28-30-32-34-37-40-43-46-49-52-55-58-64(67)70-61-62(60-69-63(66)57-54-51-48-45-42-39-36-27-24-21-18-15-12-9-6-3)71-65(68)59-56-53-50-47-44-41-38-35-33-31-29-26-23-20-17-14-11-8-5-2/h9,12,16,18-19,21,25-29,32,34,36,40,42-43,45,62H,4-8,10-11,13-15,17,20,22-24,30-31,33,35,37-39,41,44,46-61H2,1-3H3/b12-9-,19-16-,21-18-,28-25-,29-26-,34-32-,36-27-,43-40-,45-42-/t62-/m1/s1. The topological polar surface area (TPSA) is 78.9 Å². The van der Waals surface area contributed by atoms with Crippen LogP contribution in [0.15, 0.2) is 109 Å². The van der Waals surface area contributed by atoms with Crippen molar-refractivity contribution in [2.75, 3.05) is 13.2 Å². The minimum atomic E-state index is -0.812. The number of hydrogen-bond donors (Lipinski definition) is 0. The Morgan fingerprint density at radius 2 is 0.549 bits per heavy atom. The summed E-state index contributed by atoms with van der Waals surface area (Å²) < 4.78 is 16.8. The van der Waals surface area contributed by atoms with Crippen LogP contribution in [0, 0.1) is 0 Å². The first-order valence-corrected chi connectivity index (χ1v) is 29.4. The molecule has 0 unspecified atom stereocenters. The van der Waals surface area contributed by atoms with Gasteiger partial charge in [0, 0.05) is 19.3 Å². The average molecular weight is 986 g/mol. The van der Waals surface area contributed by atoms with Crippen molar-refractivity contribution in [2.45, 2.75) is 271 Å². The van der Waals surface area contributed by atoms with Gasteiger partial charge in [0.2, 0.25) is 0 Å². The lowest BCUT2D eigenvalue weighted by Crippen LogP contribution is -2.30. The number of carbonyl (C=O) groups is 3. The summed E-state index contributed by atoms with van der Waals surface area (Å²) in [5, 5.41) is 0. The summed E-state index contributed by atoms with van der Waals surface area (Å²) >= 11 is 0. The molecule has 0 aromatic carbocycles. The molecule has 0 heterocycles. The number of unbranched alkanes of at least 4 members (excludes halogenated alkanes) is 23. The van der Waals surface area contributed by atoms with E-state index in [4.69, 9.17) is 14.2 Å². The van der Waals surface area contributed by atoms with Crippen molar-refractivity contribution in [3.63, 3.8) is 0 Å². The maximum atomic E-state index is 12.9. The van der Waals surface area contributed by atoms with Crippen LogP contribution in [0.1, 0.15) is 265 Å². The van der Waals surface area contributed by atoms with E-state index in [1.165, 1.54) is 116 Å². The van der Waals surface area contributed by atoms with Crippen LogP contribution in [-0.2, 0) is 28.6 Å². The molecule has 1 atom stereocenters. The number of esters is 3. The third-order valence-corrected chi connectivity index (χ3v) is 12.2. The highest BCUT2D eigenvalue weighted by Crippen LogP contribution is 2.14. The summed E-state index contributed by atoms with van der Waals surface area (Å²) in [5.74, 6) is -0.980. The number of carbonyl (C=O) groups excluding carboxylic acids is 3. The van der Waals surface area contributed by atoms with E-state index in [9.17, 15) is 14.4 Å². The molecule has 0 fully saturated rings. The Bertz CT molecular complexity index is 1460. The molecule has 0 aromatic heterocycles. The molecule has 0 aliphatic heterocycles. The molecule has 0 bridgehead atoms. The van der Waals surface area contributed by atoms with Crippen LogP contribution in [0.2, 0.25) is 0 Å². The second-order valence-electron chi connectivity index (χ2n) is 19.2. The predicted octanol–water partition coefficient (Wildman–Crippen LogP) is 19.9. The monoisotopic (exact) mass is 985 g/mol. The van der Waals surface area contributed by atoms with Gasteiger partial charge in [-0.05, 0) is 128 Å². The Hall–Kier alpha value is -3.93. The van der Waals surface area contributed by atoms with E-state index in [0.29, 0.717) is 19.3 Å². The highest BCUT2D eigenvalue weighted by Gasteiger charge is 2.19. The van der Waals surface area contributed by atoms with Gasteiger partial charge in [-0.15, -0.1) is 0 Å². The van der Waals surface area contributed by atoms with E-state index in [2.05, 4.69) is 130 Å². The summed E-state index contributed by atoms with van der Waals surface area (Å²) in [6.45, 7) is 6.43. The minimum Gasteiger partial charge on any atom is -0.462 e. The van der Waals surface area contributed by atoms with Crippen LogP contribution in [0.25, 0.3) is 0 Å². The summed E-state index contributed by atoms with van der Waals surface area (Å²) in [5.41, 5.74) is 0. The van der Waals surface area contributed by atoms with Crippen LogP contribution in [-0.4, -0.2) is 37.2 Å². The first kappa shape index (κ1) is 67.1. The molecule has 0 aliphatic rings. The highest BCUT2D eigenvalue weighted by molar-refractivity contribution is 5.71. The van der Waals surface area contributed by atoms with E-state index in [-0.39, 0.29) is 31.1 Å². The van der Waals surface area contributed by atoms with Crippen LogP contribution in [0.5, 0.6) is 0 Å². The van der Waals surface area contributed by atoms with Crippen molar-refractivity contribution >= 4 is 17.9 Å². The number of hydrogen-bond acceptors (Lipinski definition) is 6. The van der Waals surface area contributed by atoms with Gasteiger partial charge in [-0.3, -0.25) is 14.4 Å². The molecular weight excluding hydrogens is 877 g/mol. The lowest BCUT2D eigenvalue weighted by molar-refractivity contribution is -0.167. The maximum Gasteiger partial charge on any atom is 0.306 e. The van der Waals surface area contributed by atoms with Crippen LogP contribution in [0.4, 0.5) is 0 Å². The Balaban J connectivity index is 4.50. The normalized spacial score (nSPS) is 12.9. The molecule has 0 radical (unpaired) electrons. The van der Waals surface area contributed by atoms with Crippen molar-refractivity contribution in [3.8, 4) is 0 Å². The van der Waals surface area contributed by atoms with Gasteiger partial charge in [0.1, 0.15) is 13.2 Å². The first-order chi connectivity index (χ1) is 35.0. The smallest absolute Gasteiger partial charge is 0.306 e. The van der Waals surface area contributed by atoms with Gasteiger partial charge >= 0.3 is 17.9 Å². The summed E-state index contributed by atoms with van der Waals surface area (Å²) in [6.07, 6.45) is 79.4. The molecule has 6 nitrogen and oxygen atoms in total. The molecule has 71 heavy (non-hydrogen) atoms. The Morgan fingerprint density at radius 1 is 0.296 bits per heavy atom. The largest absolute Gasteiger partial charge is 0.462 e. The third-order valence-electron chi connectivity index (χ3n) is 12.2. The second-order valence-corrected chi connectivity index (χ2v) is 19.2. The van der Waals surface area contributed by atoms with E-state index in [1.54, 1.807) is 0 Å². The Labute approximate surface area is 438 Å². The fraction of sp³-hybridized carbons (Fsp3) is 0.677.